The van der Waals surface area contributed by atoms with Crippen molar-refractivity contribution in [2.75, 3.05) is 13.1 Å². The Morgan fingerprint density at radius 1 is 1.30 bits per heavy atom. The number of aliphatic imine (C=N–C) groups is 1. The quantitative estimate of drug-likeness (QED) is 0.523. The van der Waals surface area contributed by atoms with Gasteiger partial charge in [0, 0.05) is 24.4 Å². The second kappa shape index (κ2) is 10.1. The summed E-state index contributed by atoms with van der Waals surface area (Å²) in [5, 5.41) is 7.21. The highest BCUT2D eigenvalue weighted by Gasteiger charge is 2.13. The van der Waals surface area contributed by atoms with Crippen molar-refractivity contribution in [2.45, 2.75) is 40.3 Å². The predicted molar refractivity (Wildman–Crippen MR) is 101 cm³/mol. The average molecular weight is 400 g/mol. The Labute approximate surface area is 160 Å². The van der Waals surface area contributed by atoms with Gasteiger partial charge in [-0.1, -0.05) is 6.07 Å². The van der Waals surface area contributed by atoms with Gasteiger partial charge in [-0.3, -0.25) is 0 Å². The smallest absolute Gasteiger partial charge is 0.387 e. The van der Waals surface area contributed by atoms with E-state index in [-0.39, 0.29) is 17.9 Å². The fraction of sp³-hybridized carbons (Fsp3) is 0.444. The maximum Gasteiger partial charge on any atom is 0.387 e. The maximum atomic E-state index is 14.0. The minimum Gasteiger partial charge on any atom is -0.434 e. The third-order valence-electron chi connectivity index (χ3n) is 3.74. The van der Waals surface area contributed by atoms with Crippen LogP contribution in [-0.4, -0.2) is 30.6 Å². The number of benzene rings is 1. The highest BCUT2D eigenvalue weighted by atomic mass is 32.1. The van der Waals surface area contributed by atoms with Crippen LogP contribution in [0, 0.1) is 19.7 Å². The molecule has 5 nitrogen and oxygen atoms in total. The Morgan fingerprint density at radius 2 is 2.07 bits per heavy atom. The standard InChI is InChI=1S/C18H23F3N4OS/c1-4-22-18(23-9-8-16-25-11(2)12(3)27-16)24-10-13-14(19)6-5-7-15(13)26-17(20)21/h5-7,17H,4,8-10H2,1-3H3,(H2,22,23,24). The molecule has 27 heavy (non-hydrogen) atoms. The van der Waals surface area contributed by atoms with Gasteiger partial charge in [0.05, 0.1) is 22.8 Å². The van der Waals surface area contributed by atoms with Crippen LogP contribution < -0.4 is 15.4 Å². The Hall–Kier alpha value is -2.29. The summed E-state index contributed by atoms with van der Waals surface area (Å²) in [6.45, 7) is 3.96. The Kier molecular flexibility index (Phi) is 7.90. The maximum absolute atomic E-state index is 14.0. The first-order chi connectivity index (χ1) is 12.9. The molecule has 0 bridgehead atoms. The molecule has 0 aliphatic rings. The largest absolute Gasteiger partial charge is 0.434 e. The number of guanidine groups is 1. The SMILES string of the molecule is CCNC(=NCc1c(F)cccc1OC(F)F)NCCc1nc(C)c(C)s1. The molecule has 0 amide bonds. The molecule has 9 heteroatoms. The zero-order valence-corrected chi connectivity index (χ0v) is 16.3. The van der Waals surface area contributed by atoms with E-state index in [1.807, 2.05) is 20.8 Å². The molecule has 0 aliphatic heterocycles. The summed E-state index contributed by atoms with van der Waals surface area (Å²) in [5.41, 5.74) is 1.02. The van der Waals surface area contributed by atoms with E-state index >= 15 is 0 Å². The first-order valence-electron chi connectivity index (χ1n) is 8.58. The number of aromatic nitrogens is 1. The molecule has 148 valence electrons. The van der Waals surface area contributed by atoms with Crippen LogP contribution in [0.3, 0.4) is 0 Å². The van der Waals surface area contributed by atoms with Crippen LogP contribution in [0.1, 0.15) is 28.1 Å². The van der Waals surface area contributed by atoms with Crippen molar-refractivity contribution >= 4 is 17.3 Å². The minimum absolute atomic E-state index is 0.0128. The lowest BCUT2D eigenvalue weighted by atomic mass is 10.2. The van der Waals surface area contributed by atoms with Crippen LogP contribution in [0.15, 0.2) is 23.2 Å². The molecule has 0 aliphatic carbocycles. The van der Waals surface area contributed by atoms with Gasteiger partial charge in [-0.25, -0.2) is 14.4 Å². The fourth-order valence-corrected chi connectivity index (χ4v) is 3.27. The van der Waals surface area contributed by atoms with E-state index in [0.29, 0.717) is 19.0 Å². The van der Waals surface area contributed by atoms with Crippen LogP contribution in [0.2, 0.25) is 0 Å². The van der Waals surface area contributed by atoms with E-state index in [0.717, 1.165) is 17.1 Å². The first kappa shape index (κ1) is 21.0. The van der Waals surface area contributed by atoms with E-state index in [2.05, 4.69) is 25.3 Å². The molecular weight excluding hydrogens is 377 g/mol. The van der Waals surface area contributed by atoms with Gasteiger partial charge in [0.25, 0.3) is 0 Å². The van der Waals surface area contributed by atoms with Crippen LogP contribution in [0.4, 0.5) is 13.2 Å². The number of hydrogen-bond acceptors (Lipinski definition) is 4. The van der Waals surface area contributed by atoms with Crippen molar-refractivity contribution in [2.24, 2.45) is 4.99 Å². The van der Waals surface area contributed by atoms with Gasteiger partial charge < -0.3 is 15.4 Å². The van der Waals surface area contributed by atoms with E-state index in [1.54, 1.807) is 11.3 Å². The summed E-state index contributed by atoms with van der Waals surface area (Å²) in [5.74, 6) is -0.381. The number of nitrogens with one attached hydrogen (secondary N) is 2. The van der Waals surface area contributed by atoms with Crippen LogP contribution in [0.25, 0.3) is 0 Å². The second-order valence-electron chi connectivity index (χ2n) is 5.72. The average Bonchev–Trinajstić information content (AvgIpc) is 2.91. The summed E-state index contributed by atoms with van der Waals surface area (Å²) in [6.07, 6.45) is 0.725. The molecule has 0 spiro atoms. The van der Waals surface area contributed by atoms with Gasteiger partial charge in [-0.2, -0.15) is 8.78 Å². The molecular formula is C18H23F3N4OS. The van der Waals surface area contributed by atoms with Gasteiger partial charge in [0.2, 0.25) is 0 Å². The first-order valence-corrected chi connectivity index (χ1v) is 9.39. The van der Waals surface area contributed by atoms with Crippen molar-refractivity contribution in [1.82, 2.24) is 15.6 Å². The van der Waals surface area contributed by atoms with Crippen LogP contribution >= 0.6 is 11.3 Å². The van der Waals surface area contributed by atoms with Crippen molar-refractivity contribution in [3.8, 4) is 5.75 Å². The van der Waals surface area contributed by atoms with Crippen molar-refractivity contribution in [1.29, 1.82) is 0 Å². The van der Waals surface area contributed by atoms with Gasteiger partial charge >= 0.3 is 6.61 Å². The van der Waals surface area contributed by atoms with Gasteiger partial charge in [-0.05, 0) is 32.9 Å². The number of ether oxygens (including phenoxy) is 1. The number of thiazole rings is 1. The lowest BCUT2D eigenvalue weighted by Crippen LogP contribution is -2.38. The molecule has 0 unspecified atom stereocenters. The number of halogens is 3. The van der Waals surface area contributed by atoms with Crippen molar-refractivity contribution in [3.63, 3.8) is 0 Å². The van der Waals surface area contributed by atoms with Gasteiger partial charge in [0.15, 0.2) is 5.96 Å². The zero-order valence-electron chi connectivity index (χ0n) is 15.5. The van der Waals surface area contributed by atoms with Crippen LogP contribution in [0.5, 0.6) is 5.75 Å². The molecule has 1 heterocycles. The molecule has 1 aromatic heterocycles. The summed E-state index contributed by atoms with van der Waals surface area (Å²) in [6, 6.07) is 3.81. The zero-order chi connectivity index (χ0) is 19.8. The van der Waals surface area contributed by atoms with E-state index < -0.39 is 12.4 Å². The predicted octanol–water partition coefficient (Wildman–Crippen LogP) is 3.80. The molecule has 2 N–H and O–H groups in total. The summed E-state index contributed by atoms with van der Waals surface area (Å²) >= 11 is 1.65. The van der Waals surface area contributed by atoms with E-state index in [1.165, 1.54) is 23.1 Å². The third-order valence-corrected chi connectivity index (χ3v) is 4.87. The van der Waals surface area contributed by atoms with Gasteiger partial charge in [-0.15, -0.1) is 11.3 Å². The summed E-state index contributed by atoms with van der Waals surface area (Å²) < 4.78 is 43.4. The molecule has 0 saturated carbocycles. The highest BCUT2D eigenvalue weighted by molar-refractivity contribution is 7.11. The topological polar surface area (TPSA) is 58.5 Å². The molecule has 2 aromatic rings. The summed E-state index contributed by atoms with van der Waals surface area (Å²) in [4.78, 5) is 9.95. The molecule has 0 fully saturated rings. The fourth-order valence-electron chi connectivity index (χ4n) is 2.33. The summed E-state index contributed by atoms with van der Waals surface area (Å²) in [7, 11) is 0. The normalized spacial score (nSPS) is 11.7. The Morgan fingerprint density at radius 3 is 2.70 bits per heavy atom. The number of hydrogen-bond donors (Lipinski definition) is 2. The van der Waals surface area contributed by atoms with E-state index in [4.69, 9.17) is 0 Å². The van der Waals surface area contributed by atoms with E-state index in [9.17, 15) is 13.2 Å². The third kappa shape index (κ3) is 6.42. The molecule has 0 saturated heterocycles. The molecule has 0 atom stereocenters. The highest BCUT2D eigenvalue weighted by Crippen LogP contribution is 2.24. The van der Waals surface area contributed by atoms with Gasteiger partial charge in [0.1, 0.15) is 11.6 Å². The number of aryl methyl sites for hydroxylation is 2. The van der Waals surface area contributed by atoms with Crippen LogP contribution in [-0.2, 0) is 13.0 Å². The van der Waals surface area contributed by atoms with Crippen molar-refractivity contribution < 1.29 is 17.9 Å². The monoisotopic (exact) mass is 400 g/mol. The number of nitrogens with zero attached hydrogens (tertiary/aromatic N) is 2. The second-order valence-corrected chi connectivity index (χ2v) is 7.00. The minimum atomic E-state index is -3.02. The molecule has 1 aromatic carbocycles. The Balaban J connectivity index is 2.02. The molecule has 2 rings (SSSR count). The lowest BCUT2D eigenvalue weighted by Gasteiger charge is -2.13. The lowest BCUT2D eigenvalue weighted by molar-refractivity contribution is -0.0506. The molecule has 0 radical (unpaired) electrons. The number of alkyl halides is 2. The van der Waals surface area contributed by atoms with Crippen molar-refractivity contribution in [3.05, 3.63) is 45.2 Å². The Bertz CT molecular complexity index is 760. The number of rotatable bonds is 8.